The van der Waals surface area contributed by atoms with Gasteiger partial charge in [-0.2, -0.15) is 0 Å². The molecule has 0 saturated heterocycles. The minimum Gasteiger partial charge on any atom is -0.491 e. The normalized spacial score (nSPS) is 10.5. The predicted molar refractivity (Wildman–Crippen MR) is 88.7 cm³/mol. The minimum absolute atomic E-state index is 0.548. The Labute approximate surface area is 131 Å². The lowest BCUT2D eigenvalue weighted by Crippen LogP contribution is -2.06. The van der Waals surface area contributed by atoms with Gasteiger partial charge in [0.25, 0.3) is 0 Å². The lowest BCUT2D eigenvalue weighted by molar-refractivity contribution is 0.110. The number of benzene rings is 2. The van der Waals surface area contributed by atoms with Crippen molar-refractivity contribution in [3.63, 3.8) is 0 Å². The number of carbonyl (C=O) groups excluding carboxylic acids is 1. The van der Waals surface area contributed by atoms with E-state index in [1.807, 2.05) is 43.3 Å². The summed E-state index contributed by atoms with van der Waals surface area (Å²) in [7, 11) is 0. The molecule has 0 bridgehead atoms. The largest absolute Gasteiger partial charge is 0.491 e. The van der Waals surface area contributed by atoms with E-state index in [2.05, 4.69) is 13.8 Å². The van der Waals surface area contributed by atoms with Crippen LogP contribution < -0.4 is 4.74 Å². The van der Waals surface area contributed by atoms with Crippen molar-refractivity contribution in [2.75, 3.05) is 19.8 Å². The van der Waals surface area contributed by atoms with E-state index in [1.165, 1.54) is 0 Å². The van der Waals surface area contributed by atoms with Crippen LogP contribution in [0.3, 0.4) is 0 Å². The monoisotopic (exact) mass is 298 g/mol. The highest BCUT2D eigenvalue weighted by Gasteiger charge is 2.09. The molecule has 0 radical (unpaired) electrons. The highest BCUT2D eigenvalue weighted by atomic mass is 16.5. The molecule has 0 fully saturated rings. The van der Waals surface area contributed by atoms with Crippen LogP contribution in [0.2, 0.25) is 0 Å². The first-order valence-electron chi connectivity index (χ1n) is 7.53. The first-order chi connectivity index (χ1) is 10.7. The molecule has 0 saturated carbocycles. The summed E-state index contributed by atoms with van der Waals surface area (Å²) in [5, 5.41) is 0. The van der Waals surface area contributed by atoms with Crippen LogP contribution in [0.5, 0.6) is 5.75 Å². The molecule has 3 heteroatoms. The molecule has 2 aromatic rings. The van der Waals surface area contributed by atoms with Crippen LogP contribution in [-0.4, -0.2) is 26.1 Å². The first-order valence-corrected chi connectivity index (χ1v) is 7.53. The van der Waals surface area contributed by atoms with Gasteiger partial charge in [-0.1, -0.05) is 18.2 Å². The molecular weight excluding hydrogens is 276 g/mol. The van der Waals surface area contributed by atoms with Crippen LogP contribution in [0.1, 0.15) is 28.4 Å². The Hall–Kier alpha value is -2.13. The fourth-order valence-electron chi connectivity index (χ4n) is 2.59. The van der Waals surface area contributed by atoms with E-state index in [4.69, 9.17) is 9.47 Å². The van der Waals surface area contributed by atoms with Crippen LogP contribution in [0.15, 0.2) is 36.4 Å². The molecule has 0 N–H and O–H groups in total. The molecule has 0 spiro atoms. The Kier molecular flexibility index (Phi) is 5.73. The van der Waals surface area contributed by atoms with Crippen LogP contribution in [0.25, 0.3) is 11.1 Å². The summed E-state index contributed by atoms with van der Waals surface area (Å²) >= 11 is 0. The van der Waals surface area contributed by atoms with Crippen molar-refractivity contribution in [3.05, 3.63) is 53.1 Å². The Bertz CT molecular complexity index is 624. The van der Waals surface area contributed by atoms with E-state index in [-0.39, 0.29) is 0 Å². The summed E-state index contributed by atoms with van der Waals surface area (Å²) in [6.45, 7) is 7.94. The molecule has 0 aromatic heterocycles. The molecule has 22 heavy (non-hydrogen) atoms. The smallest absolute Gasteiger partial charge is 0.150 e. The summed E-state index contributed by atoms with van der Waals surface area (Å²) < 4.78 is 11.0. The van der Waals surface area contributed by atoms with E-state index in [9.17, 15) is 4.79 Å². The van der Waals surface area contributed by atoms with E-state index >= 15 is 0 Å². The van der Waals surface area contributed by atoms with Crippen molar-refractivity contribution in [1.82, 2.24) is 0 Å². The van der Waals surface area contributed by atoms with E-state index in [1.54, 1.807) is 0 Å². The van der Waals surface area contributed by atoms with Gasteiger partial charge in [-0.3, -0.25) is 4.79 Å². The molecule has 3 nitrogen and oxygen atoms in total. The maximum Gasteiger partial charge on any atom is 0.150 e. The predicted octanol–water partition coefficient (Wildman–Crippen LogP) is 4.20. The highest BCUT2D eigenvalue weighted by molar-refractivity contribution is 5.80. The van der Waals surface area contributed by atoms with Crippen LogP contribution in [-0.2, 0) is 4.74 Å². The zero-order chi connectivity index (χ0) is 15.9. The molecule has 0 atom stereocenters. The minimum atomic E-state index is 0.548. The van der Waals surface area contributed by atoms with Crippen LogP contribution in [0.4, 0.5) is 0 Å². The molecule has 2 rings (SSSR count). The number of aryl methyl sites for hydroxylation is 2. The Morgan fingerprint density at radius 1 is 1.05 bits per heavy atom. The maximum atomic E-state index is 11.0. The van der Waals surface area contributed by atoms with Crippen LogP contribution in [0, 0.1) is 13.8 Å². The summed E-state index contributed by atoms with van der Waals surface area (Å²) in [6.07, 6.45) is 0.874. The third kappa shape index (κ3) is 3.95. The van der Waals surface area contributed by atoms with Gasteiger partial charge in [0, 0.05) is 12.2 Å². The van der Waals surface area contributed by atoms with Crippen molar-refractivity contribution in [2.45, 2.75) is 20.8 Å². The van der Waals surface area contributed by atoms with Gasteiger partial charge < -0.3 is 9.47 Å². The van der Waals surface area contributed by atoms with E-state index in [0.717, 1.165) is 34.3 Å². The number of aldehydes is 1. The van der Waals surface area contributed by atoms with Gasteiger partial charge in [-0.05, 0) is 61.2 Å². The second-order valence-electron chi connectivity index (χ2n) is 5.22. The number of ether oxygens (including phenoxy) is 2. The fourth-order valence-corrected chi connectivity index (χ4v) is 2.59. The van der Waals surface area contributed by atoms with Gasteiger partial charge in [0.2, 0.25) is 0 Å². The van der Waals surface area contributed by atoms with Gasteiger partial charge in [-0.25, -0.2) is 0 Å². The SMILES string of the molecule is CCOCCOc1cc(C)c(-c2cccc(C=O)c2)c(C)c1. The molecule has 0 aliphatic carbocycles. The van der Waals surface area contributed by atoms with Crippen molar-refractivity contribution in [1.29, 1.82) is 0 Å². The van der Waals surface area contributed by atoms with Gasteiger partial charge in [0.15, 0.2) is 0 Å². The standard InChI is InChI=1S/C19H22O3/c1-4-21-8-9-22-18-10-14(2)19(15(3)11-18)17-7-5-6-16(12-17)13-20/h5-7,10-13H,4,8-9H2,1-3H3. The first kappa shape index (κ1) is 16.2. The van der Waals surface area contributed by atoms with Gasteiger partial charge in [-0.15, -0.1) is 0 Å². The lowest BCUT2D eigenvalue weighted by atomic mass is 9.94. The summed E-state index contributed by atoms with van der Waals surface area (Å²) in [5.41, 5.74) is 5.17. The fraction of sp³-hybridized carbons (Fsp3) is 0.316. The molecule has 2 aromatic carbocycles. The second-order valence-corrected chi connectivity index (χ2v) is 5.22. The number of hydrogen-bond acceptors (Lipinski definition) is 3. The van der Waals surface area contributed by atoms with Crippen molar-refractivity contribution >= 4 is 6.29 Å². The van der Waals surface area contributed by atoms with Gasteiger partial charge in [0.05, 0.1) is 6.61 Å². The topological polar surface area (TPSA) is 35.5 Å². The summed E-state index contributed by atoms with van der Waals surface area (Å²) in [6, 6.07) is 11.7. The molecule has 0 amide bonds. The zero-order valence-corrected chi connectivity index (χ0v) is 13.4. The van der Waals surface area contributed by atoms with Crippen molar-refractivity contribution < 1.29 is 14.3 Å². The third-order valence-corrected chi connectivity index (χ3v) is 3.52. The molecule has 116 valence electrons. The molecule has 0 heterocycles. The Morgan fingerprint density at radius 3 is 2.41 bits per heavy atom. The number of hydrogen-bond donors (Lipinski definition) is 0. The lowest BCUT2D eigenvalue weighted by Gasteiger charge is -2.14. The van der Waals surface area contributed by atoms with E-state index in [0.29, 0.717) is 25.4 Å². The van der Waals surface area contributed by atoms with Gasteiger partial charge in [0.1, 0.15) is 18.6 Å². The van der Waals surface area contributed by atoms with Gasteiger partial charge >= 0.3 is 0 Å². The highest BCUT2D eigenvalue weighted by Crippen LogP contribution is 2.31. The molecular formula is C19H22O3. The number of carbonyl (C=O) groups is 1. The average molecular weight is 298 g/mol. The van der Waals surface area contributed by atoms with E-state index < -0.39 is 0 Å². The second kappa shape index (κ2) is 7.76. The molecule has 0 aliphatic heterocycles. The van der Waals surface area contributed by atoms with Crippen LogP contribution >= 0.6 is 0 Å². The zero-order valence-electron chi connectivity index (χ0n) is 13.4. The van der Waals surface area contributed by atoms with Crippen molar-refractivity contribution in [3.8, 4) is 16.9 Å². The third-order valence-electron chi connectivity index (χ3n) is 3.52. The molecule has 0 aliphatic rings. The molecule has 0 unspecified atom stereocenters. The average Bonchev–Trinajstić information content (AvgIpc) is 2.51. The maximum absolute atomic E-state index is 11.0. The Balaban J connectivity index is 2.24. The summed E-state index contributed by atoms with van der Waals surface area (Å²) in [5.74, 6) is 0.852. The van der Waals surface area contributed by atoms with Crippen molar-refractivity contribution in [2.24, 2.45) is 0 Å². The Morgan fingerprint density at radius 2 is 1.77 bits per heavy atom. The quantitative estimate of drug-likeness (QED) is 0.568. The number of rotatable bonds is 7. The summed E-state index contributed by atoms with van der Waals surface area (Å²) in [4.78, 5) is 11.0.